The van der Waals surface area contributed by atoms with Crippen LogP contribution in [-0.2, 0) is 13.1 Å². The maximum atomic E-state index is 12.4. The van der Waals surface area contributed by atoms with E-state index in [9.17, 15) is 4.79 Å². The lowest BCUT2D eigenvalue weighted by atomic mass is 10.1. The second kappa shape index (κ2) is 7.61. The van der Waals surface area contributed by atoms with Crippen LogP contribution < -0.4 is 5.32 Å². The van der Waals surface area contributed by atoms with Gasteiger partial charge in [0.25, 0.3) is 5.91 Å². The molecule has 1 amide bonds. The Kier molecular flexibility index (Phi) is 5.28. The fourth-order valence-corrected chi connectivity index (χ4v) is 2.88. The molecule has 0 saturated carbocycles. The SMILES string of the molecule is Cc1nn(Cc2cccc(C(=O)NCc3cccnc3)c2)c(C)c1Br. The molecule has 0 spiro atoms. The first kappa shape index (κ1) is 17.4. The lowest BCUT2D eigenvalue weighted by molar-refractivity contribution is 0.0950. The average Bonchev–Trinajstić information content (AvgIpc) is 2.87. The number of nitrogens with zero attached hydrogens (tertiary/aromatic N) is 3. The summed E-state index contributed by atoms with van der Waals surface area (Å²) in [5.41, 5.74) is 4.68. The number of carbonyl (C=O) groups is 1. The van der Waals surface area contributed by atoms with E-state index < -0.39 is 0 Å². The number of amides is 1. The lowest BCUT2D eigenvalue weighted by Crippen LogP contribution is -2.23. The number of aromatic nitrogens is 3. The number of benzene rings is 1. The highest BCUT2D eigenvalue weighted by Crippen LogP contribution is 2.20. The Bertz CT molecular complexity index is 890. The van der Waals surface area contributed by atoms with Gasteiger partial charge >= 0.3 is 0 Å². The van der Waals surface area contributed by atoms with E-state index in [0.717, 1.165) is 27.0 Å². The highest BCUT2D eigenvalue weighted by molar-refractivity contribution is 9.10. The van der Waals surface area contributed by atoms with Crippen molar-refractivity contribution in [2.24, 2.45) is 0 Å². The predicted molar refractivity (Wildman–Crippen MR) is 100 cm³/mol. The zero-order valence-corrected chi connectivity index (χ0v) is 15.7. The number of hydrogen-bond donors (Lipinski definition) is 1. The van der Waals surface area contributed by atoms with Crippen LogP contribution in [0.2, 0.25) is 0 Å². The van der Waals surface area contributed by atoms with Crippen molar-refractivity contribution < 1.29 is 4.79 Å². The van der Waals surface area contributed by atoms with Gasteiger partial charge in [-0.05, 0) is 59.1 Å². The summed E-state index contributed by atoms with van der Waals surface area (Å²) in [6, 6.07) is 11.4. The summed E-state index contributed by atoms with van der Waals surface area (Å²) in [7, 11) is 0. The monoisotopic (exact) mass is 398 g/mol. The van der Waals surface area contributed by atoms with Crippen LogP contribution >= 0.6 is 15.9 Å². The van der Waals surface area contributed by atoms with Gasteiger partial charge in [0.2, 0.25) is 0 Å². The molecule has 0 atom stereocenters. The number of nitrogens with one attached hydrogen (secondary N) is 1. The molecule has 0 radical (unpaired) electrons. The van der Waals surface area contributed by atoms with E-state index >= 15 is 0 Å². The normalized spacial score (nSPS) is 10.7. The molecule has 0 aliphatic rings. The molecule has 0 fully saturated rings. The van der Waals surface area contributed by atoms with Crippen LogP contribution in [0.4, 0.5) is 0 Å². The van der Waals surface area contributed by atoms with Gasteiger partial charge in [-0.2, -0.15) is 5.10 Å². The number of rotatable bonds is 5. The van der Waals surface area contributed by atoms with Gasteiger partial charge in [0, 0.05) is 24.5 Å². The maximum Gasteiger partial charge on any atom is 0.251 e. The molecular weight excluding hydrogens is 380 g/mol. The predicted octanol–water partition coefficient (Wildman–Crippen LogP) is 3.64. The number of hydrogen-bond acceptors (Lipinski definition) is 3. The lowest BCUT2D eigenvalue weighted by Gasteiger charge is -2.08. The molecule has 3 aromatic rings. The summed E-state index contributed by atoms with van der Waals surface area (Å²) in [6.07, 6.45) is 3.46. The Balaban J connectivity index is 1.70. The third-order valence-corrected chi connectivity index (χ3v) is 5.14. The molecule has 2 heterocycles. The van der Waals surface area contributed by atoms with Gasteiger partial charge in [-0.3, -0.25) is 14.5 Å². The second-order valence-electron chi connectivity index (χ2n) is 5.89. The molecule has 6 heteroatoms. The van der Waals surface area contributed by atoms with Crippen molar-refractivity contribution in [3.63, 3.8) is 0 Å². The Morgan fingerprint density at radius 2 is 2.00 bits per heavy atom. The summed E-state index contributed by atoms with van der Waals surface area (Å²) < 4.78 is 2.96. The number of pyridine rings is 1. The van der Waals surface area contributed by atoms with Crippen LogP contribution in [0.15, 0.2) is 53.3 Å². The number of aryl methyl sites for hydroxylation is 1. The third kappa shape index (κ3) is 4.14. The van der Waals surface area contributed by atoms with Crippen molar-refractivity contribution in [3.8, 4) is 0 Å². The Morgan fingerprint density at radius 3 is 2.68 bits per heavy atom. The van der Waals surface area contributed by atoms with Crippen LogP contribution in [0.5, 0.6) is 0 Å². The third-order valence-electron chi connectivity index (χ3n) is 3.99. The molecule has 1 aromatic carbocycles. The van der Waals surface area contributed by atoms with Crippen molar-refractivity contribution in [1.82, 2.24) is 20.1 Å². The van der Waals surface area contributed by atoms with Gasteiger partial charge in [-0.25, -0.2) is 0 Å². The first-order chi connectivity index (χ1) is 12.0. The van der Waals surface area contributed by atoms with Crippen molar-refractivity contribution in [2.75, 3.05) is 0 Å². The van der Waals surface area contributed by atoms with Crippen molar-refractivity contribution >= 4 is 21.8 Å². The minimum absolute atomic E-state index is 0.0970. The molecule has 5 nitrogen and oxygen atoms in total. The molecule has 0 bridgehead atoms. The van der Waals surface area contributed by atoms with E-state index in [1.54, 1.807) is 12.4 Å². The highest BCUT2D eigenvalue weighted by Gasteiger charge is 2.10. The standard InChI is InChI=1S/C19H19BrN4O/c1-13-18(20)14(2)24(23-13)12-15-5-3-7-17(9-15)19(25)22-11-16-6-4-8-21-10-16/h3-10H,11-12H2,1-2H3,(H,22,25). The Hall–Kier alpha value is -2.47. The molecular formula is C19H19BrN4O. The van der Waals surface area contributed by atoms with Crippen LogP contribution in [0, 0.1) is 13.8 Å². The molecule has 0 aliphatic carbocycles. The topological polar surface area (TPSA) is 59.8 Å². The molecule has 1 N–H and O–H groups in total. The quantitative estimate of drug-likeness (QED) is 0.713. The molecule has 3 rings (SSSR count). The summed E-state index contributed by atoms with van der Waals surface area (Å²) in [4.78, 5) is 16.4. The van der Waals surface area contributed by atoms with Crippen molar-refractivity contribution in [1.29, 1.82) is 0 Å². The van der Waals surface area contributed by atoms with E-state index in [-0.39, 0.29) is 5.91 Å². The second-order valence-corrected chi connectivity index (χ2v) is 6.68. The zero-order chi connectivity index (χ0) is 17.8. The molecule has 0 aliphatic heterocycles. The summed E-state index contributed by atoms with van der Waals surface area (Å²) in [5.74, 6) is -0.0970. The highest BCUT2D eigenvalue weighted by atomic mass is 79.9. The van der Waals surface area contributed by atoms with Crippen LogP contribution in [0.1, 0.15) is 32.9 Å². The Labute approximate surface area is 155 Å². The van der Waals surface area contributed by atoms with Crippen LogP contribution in [0.3, 0.4) is 0 Å². The minimum Gasteiger partial charge on any atom is -0.348 e. The molecule has 128 valence electrons. The van der Waals surface area contributed by atoms with Gasteiger partial charge in [-0.1, -0.05) is 18.2 Å². The molecule has 25 heavy (non-hydrogen) atoms. The van der Waals surface area contributed by atoms with E-state index in [2.05, 4.69) is 31.3 Å². The fourth-order valence-electron chi connectivity index (χ4n) is 2.60. The largest absolute Gasteiger partial charge is 0.348 e. The van der Waals surface area contributed by atoms with E-state index in [4.69, 9.17) is 0 Å². The first-order valence-corrected chi connectivity index (χ1v) is 8.79. The Morgan fingerprint density at radius 1 is 1.20 bits per heavy atom. The first-order valence-electron chi connectivity index (χ1n) is 8.00. The van der Waals surface area contributed by atoms with Gasteiger partial charge in [0.1, 0.15) is 0 Å². The van der Waals surface area contributed by atoms with Crippen LogP contribution in [0.25, 0.3) is 0 Å². The van der Waals surface area contributed by atoms with Gasteiger partial charge in [-0.15, -0.1) is 0 Å². The number of carbonyl (C=O) groups excluding carboxylic acids is 1. The molecule has 2 aromatic heterocycles. The maximum absolute atomic E-state index is 12.4. The molecule has 0 unspecified atom stereocenters. The van der Waals surface area contributed by atoms with Gasteiger partial charge in [0.05, 0.1) is 22.4 Å². The van der Waals surface area contributed by atoms with Crippen molar-refractivity contribution in [2.45, 2.75) is 26.9 Å². The van der Waals surface area contributed by atoms with E-state index in [0.29, 0.717) is 18.7 Å². The number of halogens is 1. The smallest absolute Gasteiger partial charge is 0.251 e. The summed E-state index contributed by atoms with van der Waals surface area (Å²) in [5, 5.41) is 7.44. The van der Waals surface area contributed by atoms with Gasteiger partial charge in [0.15, 0.2) is 0 Å². The summed E-state index contributed by atoms with van der Waals surface area (Å²) in [6.45, 7) is 5.08. The minimum atomic E-state index is -0.0970. The molecule has 0 saturated heterocycles. The van der Waals surface area contributed by atoms with E-state index in [1.807, 2.05) is 54.9 Å². The fraction of sp³-hybridized carbons (Fsp3) is 0.211. The van der Waals surface area contributed by atoms with Crippen molar-refractivity contribution in [3.05, 3.63) is 81.3 Å². The average molecular weight is 399 g/mol. The zero-order valence-electron chi connectivity index (χ0n) is 14.2. The van der Waals surface area contributed by atoms with Gasteiger partial charge < -0.3 is 5.32 Å². The summed E-state index contributed by atoms with van der Waals surface area (Å²) >= 11 is 3.54. The van der Waals surface area contributed by atoms with E-state index in [1.165, 1.54) is 0 Å². The van der Waals surface area contributed by atoms with Crippen LogP contribution in [-0.4, -0.2) is 20.7 Å².